The number of guanidine groups is 1. The number of halogens is 1. The number of aliphatic imine (C=N–C) groups is 1. The predicted octanol–water partition coefficient (Wildman–Crippen LogP) is 1.91. The zero-order chi connectivity index (χ0) is 17.4. The first-order valence-corrected chi connectivity index (χ1v) is 8.56. The van der Waals surface area contributed by atoms with Crippen LogP contribution in [0.2, 0.25) is 0 Å². The molecule has 1 heterocycles. The van der Waals surface area contributed by atoms with Gasteiger partial charge in [-0.2, -0.15) is 0 Å². The summed E-state index contributed by atoms with van der Waals surface area (Å²) in [6.07, 6.45) is 2.42. The Balaban J connectivity index is 1.78. The van der Waals surface area contributed by atoms with E-state index >= 15 is 0 Å². The van der Waals surface area contributed by atoms with E-state index in [1.54, 1.807) is 33.2 Å². The maximum atomic E-state index is 13.6. The highest BCUT2D eigenvalue weighted by Crippen LogP contribution is 2.15. The van der Waals surface area contributed by atoms with Crippen molar-refractivity contribution in [3.63, 3.8) is 0 Å². The van der Waals surface area contributed by atoms with Gasteiger partial charge in [0.05, 0.1) is 6.61 Å². The Morgan fingerprint density at radius 3 is 2.96 bits per heavy atom. The molecule has 1 saturated heterocycles. The third-order valence-corrected chi connectivity index (χ3v) is 4.51. The standard InChI is InChI=1S/C18H29FN4O/c1-14-6-7-15(11-17(14)19)12-21-18(20-2)22-13-16-5-4-8-23(16)9-10-24-3/h6-7,11,16H,4-5,8-10,12-13H2,1-3H3,(H2,20,21,22). The molecule has 1 aliphatic heterocycles. The molecular weight excluding hydrogens is 307 g/mol. The Hall–Kier alpha value is -1.66. The zero-order valence-corrected chi connectivity index (χ0v) is 14.9. The van der Waals surface area contributed by atoms with Crippen LogP contribution in [0.5, 0.6) is 0 Å². The van der Waals surface area contributed by atoms with Crippen LogP contribution in [-0.4, -0.2) is 57.3 Å². The van der Waals surface area contributed by atoms with Crippen molar-refractivity contribution >= 4 is 5.96 Å². The number of nitrogens with one attached hydrogen (secondary N) is 2. The summed E-state index contributed by atoms with van der Waals surface area (Å²) in [5.74, 6) is 0.576. The van der Waals surface area contributed by atoms with Crippen molar-refractivity contribution in [1.29, 1.82) is 0 Å². The van der Waals surface area contributed by atoms with Crippen LogP contribution in [0.1, 0.15) is 24.0 Å². The number of rotatable bonds is 7. The minimum absolute atomic E-state index is 0.169. The van der Waals surface area contributed by atoms with E-state index in [1.165, 1.54) is 12.8 Å². The molecule has 0 bridgehead atoms. The molecule has 0 aliphatic carbocycles. The van der Waals surface area contributed by atoms with Gasteiger partial charge in [0.2, 0.25) is 0 Å². The fourth-order valence-electron chi connectivity index (χ4n) is 3.00. The molecule has 0 amide bonds. The van der Waals surface area contributed by atoms with Crippen LogP contribution in [0.25, 0.3) is 0 Å². The molecule has 0 aromatic heterocycles. The molecule has 5 nitrogen and oxygen atoms in total. The second kappa shape index (κ2) is 9.59. The number of hydrogen-bond acceptors (Lipinski definition) is 3. The van der Waals surface area contributed by atoms with Gasteiger partial charge >= 0.3 is 0 Å². The summed E-state index contributed by atoms with van der Waals surface area (Å²) in [6.45, 7) is 6.04. The fraction of sp³-hybridized carbons (Fsp3) is 0.611. The number of benzene rings is 1. The van der Waals surface area contributed by atoms with E-state index in [1.807, 2.05) is 6.07 Å². The summed E-state index contributed by atoms with van der Waals surface area (Å²) in [5, 5.41) is 6.62. The quantitative estimate of drug-likeness (QED) is 0.590. The predicted molar refractivity (Wildman–Crippen MR) is 95.8 cm³/mol. The molecule has 134 valence electrons. The molecule has 0 spiro atoms. The van der Waals surface area contributed by atoms with E-state index < -0.39 is 0 Å². The SMILES string of the molecule is CN=C(NCc1ccc(C)c(F)c1)NCC1CCCN1CCOC. The van der Waals surface area contributed by atoms with Gasteiger partial charge < -0.3 is 15.4 Å². The molecule has 0 saturated carbocycles. The Morgan fingerprint density at radius 1 is 1.42 bits per heavy atom. The van der Waals surface area contributed by atoms with Crippen molar-refractivity contribution in [1.82, 2.24) is 15.5 Å². The topological polar surface area (TPSA) is 48.9 Å². The molecule has 2 N–H and O–H groups in total. The molecule has 1 aromatic carbocycles. The van der Waals surface area contributed by atoms with Crippen molar-refractivity contribution in [2.75, 3.05) is 40.4 Å². The van der Waals surface area contributed by atoms with E-state index in [2.05, 4.69) is 20.5 Å². The zero-order valence-electron chi connectivity index (χ0n) is 14.9. The Bertz CT molecular complexity index is 550. The van der Waals surface area contributed by atoms with Gasteiger partial charge in [0, 0.05) is 39.8 Å². The number of likely N-dealkylation sites (tertiary alicyclic amines) is 1. The Labute approximate surface area is 144 Å². The van der Waals surface area contributed by atoms with Crippen molar-refractivity contribution < 1.29 is 9.13 Å². The van der Waals surface area contributed by atoms with E-state index in [-0.39, 0.29) is 5.82 Å². The average Bonchev–Trinajstić information content (AvgIpc) is 3.03. The molecular formula is C18H29FN4O. The summed E-state index contributed by atoms with van der Waals surface area (Å²) in [5.41, 5.74) is 1.57. The number of methoxy groups -OCH3 is 1. The van der Waals surface area contributed by atoms with Crippen LogP contribution in [-0.2, 0) is 11.3 Å². The van der Waals surface area contributed by atoms with Crippen LogP contribution in [0.3, 0.4) is 0 Å². The lowest BCUT2D eigenvalue weighted by molar-refractivity contribution is 0.141. The highest BCUT2D eigenvalue weighted by molar-refractivity contribution is 5.79. The molecule has 6 heteroatoms. The van der Waals surface area contributed by atoms with Crippen molar-refractivity contribution in [2.24, 2.45) is 4.99 Å². The molecule has 1 fully saturated rings. The first kappa shape index (κ1) is 18.7. The first-order chi connectivity index (χ1) is 11.6. The summed E-state index contributed by atoms with van der Waals surface area (Å²) >= 11 is 0. The fourth-order valence-corrected chi connectivity index (χ4v) is 3.00. The van der Waals surface area contributed by atoms with Crippen LogP contribution in [0.15, 0.2) is 23.2 Å². The Morgan fingerprint density at radius 2 is 2.25 bits per heavy atom. The monoisotopic (exact) mass is 336 g/mol. The summed E-state index contributed by atoms with van der Waals surface area (Å²) in [7, 11) is 3.49. The highest BCUT2D eigenvalue weighted by Gasteiger charge is 2.23. The molecule has 1 aromatic rings. The summed E-state index contributed by atoms with van der Waals surface area (Å²) in [6, 6.07) is 5.81. The minimum Gasteiger partial charge on any atom is -0.383 e. The van der Waals surface area contributed by atoms with Crippen molar-refractivity contribution in [2.45, 2.75) is 32.4 Å². The van der Waals surface area contributed by atoms with Gasteiger partial charge in [0.1, 0.15) is 5.82 Å². The number of nitrogens with zero attached hydrogens (tertiary/aromatic N) is 2. The Kier molecular flexibility index (Phi) is 7.46. The lowest BCUT2D eigenvalue weighted by Crippen LogP contribution is -2.45. The molecule has 0 radical (unpaired) electrons. The first-order valence-electron chi connectivity index (χ1n) is 8.56. The van der Waals surface area contributed by atoms with E-state index in [9.17, 15) is 4.39 Å². The van der Waals surface area contributed by atoms with Crippen LogP contribution in [0.4, 0.5) is 4.39 Å². The molecule has 1 aliphatic rings. The normalized spacial score (nSPS) is 18.8. The van der Waals surface area contributed by atoms with Gasteiger partial charge in [-0.15, -0.1) is 0 Å². The second-order valence-electron chi connectivity index (χ2n) is 6.22. The lowest BCUT2D eigenvalue weighted by Gasteiger charge is -2.25. The maximum Gasteiger partial charge on any atom is 0.191 e. The van der Waals surface area contributed by atoms with Gasteiger partial charge in [-0.05, 0) is 43.5 Å². The number of aryl methyl sites for hydroxylation is 1. The van der Waals surface area contributed by atoms with Crippen LogP contribution < -0.4 is 10.6 Å². The largest absolute Gasteiger partial charge is 0.383 e. The van der Waals surface area contributed by atoms with E-state index in [0.29, 0.717) is 18.2 Å². The lowest BCUT2D eigenvalue weighted by atomic mass is 10.1. The van der Waals surface area contributed by atoms with Crippen molar-refractivity contribution in [3.8, 4) is 0 Å². The number of ether oxygens (including phenoxy) is 1. The second-order valence-corrected chi connectivity index (χ2v) is 6.22. The van der Waals surface area contributed by atoms with E-state index in [0.717, 1.165) is 37.8 Å². The van der Waals surface area contributed by atoms with Gasteiger partial charge in [0.15, 0.2) is 5.96 Å². The number of hydrogen-bond donors (Lipinski definition) is 2. The third kappa shape index (κ3) is 5.46. The van der Waals surface area contributed by atoms with Gasteiger partial charge in [-0.25, -0.2) is 4.39 Å². The molecule has 2 rings (SSSR count). The third-order valence-electron chi connectivity index (χ3n) is 4.51. The average molecular weight is 336 g/mol. The minimum atomic E-state index is -0.169. The molecule has 24 heavy (non-hydrogen) atoms. The highest BCUT2D eigenvalue weighted by atomic mass is 19.1. The molecule has 1 unspecified atom stereocenters. The van der Waals surface area contributed by atoms with Crippen molar-refractivity contribution in [3.05, 3.63) is 35.1 Å². The maximum absolute atomic E-state index is 13.6. The van der Waals surface area contributed by atoms with Gasteiger partial charge in [-0.3, -0.25) is 9.89 Å². The summed E-state index contributed by atoms with van der Waals surface area (Å²) < 4.78 is 18.8. The van der Waals surface area contributed by atoms with Crippen LogP contribution >= 0.6 is 0 Å². The smallest absolute Gasteiger partial charge is 0.191 e. The molecule has 1 atom stereocenters. The van der Waals surface area contributed by atoms with E-state index in [4.69, 9.17) is 4.74 Å². The van der Waals surface area contributed by atoms with Gasteiger partial charge in [-0.1, -0.05) is 12.1 Å². The summed E-state index contributed by atoms with van der Waals surface area (Å²) in [4.78, 5) is 6.71. The van der Waals surface area contributed by atoms with Crippen LogP contribution in [0, 0.1) is 12.7 Å². The van der Waals surface area contributed by atoms with Gasteiger partial charge in [0.25, 0.3) is 0 Å².